The monoisotopic (exact) mass is 275 g/mol. The van der Waals surface area contributed by atoms with E-state index in [0.717, 1.165) is 11.1 Å². The van der Waals surface area contributed by atoms with Gasteiger partial charge in [0.25, 0.3) is 0 Å². The van der Waals surface area contributed by atoms with Crippen LogP contribution in [0.2, 0.25) is 5.02 Å². The van der Waals surface area contributed by atoms with E-state index in [1.807, 2.05) is 30.3 Å². The van der Waals surface area contributed by atoms with Crippen molar-refractivity contribution in [3.63, 3.8) is 0 Å². The average Bonchev–Trinajstić information content (AvgIpc) is 3.23. The third-order valence-electron chi connectivity index (χ3n) is 3.39. The van der Waals surface area contributed by atoms with Crippen molar-refractivity contribution in [3.05, 3.63) is 58.9 Å². The second-order valence-electron chi connectivity index (χ2n) is 4.94. The fraction of sp³-hybridized carbons (Fsp3) is 0.250. The van der Waals surface area contributed by atoms with Crippen LogP contribution in [-0.4, -0.2) is 6.04 Å². The maximum Gasteiger partial charge on any atom is 0.127 e. The summed E-state index contributed by atoms with van der Waals surface area (Å²) in [5.74, 6) is -0.163. The highest BCUT2D eigenvalue weighted by atomic mass is 35.5. The first kappa shape index (κ1) is 12.6. The molecule has 19 heavy (non-hydrogen) atoms. The Labute approximate surface area is 117 Å². The van der Waals surface area contributed by atoms with Gasteiger partial charge in [-0.1, -0.05) is 35.9 Å². The number of hydrogen-bond acceptors (Lipinski definition) is 1. The van der Waals surface area contributed by atoms with E-state index < -0.39 is 0 Å². The van der Waals surface area contributed by atoms with Crippen LogP contribution < -0.4 is 5.32 Å². The molecule has 0 bridgehead atoms. The second-order valence-corrected chi connectivity index (χ2v) is 5.35. The van der Waals surface area contributed by atoms with Gasteiger partial charge in [0.1, 0.15) is 5.82 Å². The summed E-state index contributed by atoms with van der Waals surface area (Å²) in [6.45, 7) is 0.578. The van der Waals surface area contributed by atoms with Gasteiger partial charge < -0.3 is 5.32 Å². The van der Waals surface area contributed by atoms with Gasteiger partial charge in [-0.3, -0.25) is 0 Å². The Balaban J connectivity index is 1.89. The number of rotatable bonds is 4. The lowest BCUT2D eigenvalue weighted by molar-refractivity contribution is 0.587. The van der Waals surface area contributed by atoms with Gasteiger partial charge in [-0.15, -0.1) is 0 Å². The molecule has 3 rings (SSSR count). The highest BCUT2D eigenvalue weighted by molar-refractivity contribution is 6.33. The lowest BCUT2D eigenvalue weighted by Crippen LogP contribution is -2.16. The van der Waals surface area contributed by atoms with Crippen LogP contribution in [0.4, 0.5) is 4.39 Å². The topological polar surface area (TPSA) is 12.0 Å². The van der Waals surface area contributed by atoms with Crippen LogP contribution in [0, 0.1) is 5.82 Å². The largest absolute Gasteiger partial charge is 0.310 e. The molecule has 0 atom stereocenters. The zero-order valence-electron chi connectivity index (χ0n) is 10.5. The second kappa shape index (κ2) is 5.32. The number of nitrogens with one attached hydrogen (secondary N) is 1. The summed E-state index contributed by atoms with van der Waals surface area (Å²) in [5.41, 5.74) is 2.60. The van der Waals surface area contributed by atoms with Gasteiger partial charge in [0.05, 0.1) is 0 Å². The number of benzene rings is 2. The Morgan fingerprint density at radius 3 is 2.68 bits per heavy atom. The summed E-state index contributed by atoms with van der Waals surface area (Å²) in [5, 5.41) is 4.02. The first-order valence-electron chi connectivity index (χ1n) is 6.51. The molecule has 0 amide bonds. The third-order valence-corrected chi connectivity index (χ3v) is 3.72. The van der Waals surface area contributed by atoms with E-state index >= 15 is 0 Å². The third kappa shape index (κ3) is 2.96. The lowest BCUT2D eigenvalue weighted by atomic mass is 10.0. The highest BCUT2D eigenvalue weighted by Crippen LogP contribution is 2.29. The summed E-state index contributed by atoms with van der Waals surface area (Å²) < 4.78 is 13.8. The van der Waals surface area contributed by atoms with Crippen molar-refractivity contribution < 1.29 is 4.39 Å². The van der Waals surface area contributed by atoms with Crippen molar-refractivity contribution in [1.29, 1.82) is 0 Å². The maximum atomic E-state index is 13.8. The van der Waals surface area contributed by atoms with Crippen LogP contribution in [-0.2, 0) is 6.54 Å². The number of hydrogen-bond donors (Lipinski definition) is 1. The van der Waals surface area contributed by atoms with Crippen LogP contribution in [0.3, 0.4) is 0 Å². The smallest absolute Gasteiger partial charge is 0.127 e. The predicted molar refractivity (Wildman–Crippen MR) is 76.7 cm³/mol. The van der Waals surface area contributed by atoms with Crippen LogP contribution in [0.15, 0.2) is 42.5 Å². The molecule has 3 heteroatoms. The molecule has 0 unspecified atom stereocenters. The molecule has 1 aliphatic carbocycles. The molecule has 0 saturated heterocycles. The minimum atomic E-state index is -0.163. The molecule has 0 spiro atoms. The van der Waals surface area contributed by atoms with E-state index in [9.17, 15) is 4.39 Å². The lowest BCUT2D eigenvalue weighted by Gasteiger charge is -2.09. The zero-order chi connectivity index (χ0) is 13.2. The van der Waals surface area contributed by atoms with Crippen LogP contribution in [0.25, 0.3) is 11.1 Å². The predicted octanol–water partition coefficient (Wildman–Crippen LogP) is 4.40. The maximum absolute atomic E-state index is 13.8. The van der Waals surface area contributed by atoms with Crippen molar-refractivity contribution >= 4 is 11.6 Å². The fourth-order valence-electron chi connectivity index (χ4n) is 2.11. The first-order valence-corrected chi connectivity index (χ1v) is 6.88. The molecule has 1 saturated carbocycles. The van der Waals surface area contributed by atoms with E-state index in [2.05, 4.69) is 5.32 Å². The Bertz CT molecular complexity index is 593. The molecular formula is C16H15ClFN. The molecule has 0 radical (unpaired) electrons. The Hall–Kier alpha value is -1.38. The summed E-state index contributed by atoms with van der Waals surface area (Å²) >= 11 is 6.18. The Kier molecular flexibility index (Phi) is 3.54. The van der Waals surface area contributed by atoms with Gasteiger partial charge in [0.2, 0.25) is 0 Å². The van der Waals surface area contributed by atoms with E-state index in [-0.39, 0.29) is 5.82 Å². The van der Waals surface area contributed by atoms with Gasteiger partial charge in [0, 0.05) is 28.7 Å². The Morgan fingerprint density at radius 1 is 1.16 bits per heavy atom. The van der Waals surface area contributed by atoms with Crippen molar-refractivity contribution in [1.82, 2.24) is 5.32 Å². The molecule has 1 nitrogen and oxygen atoms in total. The quantitative estimate of drug-likeness (QED) is 0.872. The summed E-state index contributed by atoms with van der Waals surface area (Å²) in [7, 11) is 0. The van der Waals surface area contributed by atoms with Crippen molar-refractivity contribution in [2.45, 2.75) is 25.4 Å². The number of halogens is 2. The van der Waals surface area contributed by atoms with E-state index in [1.165, 1.54) is 18.9 Å². The van der Waals surface area contributed by atoms with Crippen molar-refractivity contribution in [2.24, 2.45) is 0 Å². The Morgan fingerprint density at radius 2 is 1.95 bits per heavy atom. The molecule has 2 aromatic rings. The highest BCUT2D eigenvalue weighted by Gasteiger charge is 2.20. The molecule has 1 aliphatic rings. The normalized spacial score (nSPS) is 14.6. The van der Waals surface area contributed by atoms with Crippen LogP contribution in [0.1, 0.15) is 18.4 Å². The van der Waals surface area contributed by atoms with Gasteiger partial charge in [-0.2, -0.15) is 0 Å². The van der Waals surface area contributed by atoms with Crippen LogP contribution in [0.5, 0.6) is 0 Å². The molecule has 2 aromatic carbocycles. The van der Waals surface area contributed by atoms with Crippen molar-refractivity contribution in [2.75, 3.05) is 0 Å². The molecule has 0 aromatic heterocycles. The standard InChI is InChI=1S/C16H15ClFN/c17-15-4-2-1-3-14(15)11-5-8-16(18)12(9-11)10-19-13-6-7-13/h1-5,8-9,13,19H,6-7,10H2. The van der Waals surface area contributed by atoms with Crippen LogP contribution >= 0.6 is 11.6 Å². The molecule has 0 aliphatic heterocycles. The van der Waals surface area contributed by atoms with Gasteiger partial charge in [-0.05, 0) is 36.6 Å². The minimum Gasteiger partial charge on any atom is -0.310 e. The molecule has 1 N–H and O–H groups in total. The molecule has 1 fully saturated rings. The minimum absolute atomic E-state index is 0.163. The SMILES string of the molecule is Fc1ccc(-c2ccccc2Cl)cc1CNC1CC1. The average molecular weight is 276 g/mol. The summed E-state index contributed by atoms with van der Waals surface area (Å²) in [6.07, 6.45) is 2.40. The van der Waals surface area contributed by atoms with Gasteiger partial charge in [-0.25, -0.2) is 4.39 Å². The van der Waals surface area contributed by atoms with E-state index in [0.29, 0.717) is 23.2 Å². The van der Waals surface area contributed by atoms with Gasteiger partial charge >= 0.3 is 0 Å². The molecular weight excluding hydrogens is 261 g/mol. The first-order chi connectivity index (χ1) is 9.24. The molecule has 0 heterocycles. The van der Waals surface area contributed by atoms with E-state index in [4.69, 9.17) is 11.6 Å². The summed E-state index contributed by atoms with van der Waals surface area (Å²) in [4.78, 5) is 0. The van der Waals surface area contributed by atoms with Crippen molar-refractivity contribution in [3.8, 4) is 11.1 Å². The zero-order valence-corrected chi connectivity index (χ0v) is 11.3. The molecule has 98 valence electrons. The van der Waals surface area contributed by atoms with E-state index in [1.54, 1.807) is 6.07 Å². The fourth-order valence-corrected chi connectivity index (χ4v) is 2.36. The summed E-state index contributed by atoms with van der Waals surface area (Å²) in [6, 6.07) is 13.4. The van der Waals surface area contributed by atoms with Gasteiger partial charge in [0.15, 0.2) is 0 Å².